The van der Waals surface area contributed by atoms with Crippen molar-refractivity contribution in [2.24, 2.45) is 5.10 Å². The molecule has 29 heavy (non-hydrogen) atoms. The molecule has 0 atom stereocenters. The molecule has 0 unspecified atom stereocenters. The van der Waals surface area contributed by atoms with E-state index in [0.717, 1.165) is 23.3 Å². The highest BCUT2D eigenvalue weighted by molar-refractivity contribution is 6.13. The van der Waals surface area contributed by atoms with E-state index in [1.807, 2.05) is 38.1 Å². The van der Waals surface area contributed by atoms with Crippen LogP contribution in [0.25, 0.3) is 0 Å². The highest BCUT2D eigenvalue weighted by Crippen LogP contribution is 2.35. The summed E-state index contributed by atoms with van der Waals surface area (Å²) in [5, 5.41) is 4.39. The molecule has 0 aliphatic carbocycles. The standard InChI is InChI=1S/C24H21FN2O2/c1-24(2)15-19-14-18(10-13-21(19)29-24)22(16-8-11-20(25)12-9-16)26-27-23(28)17-6-4-3-5-7-17/h3-14H,15H2,1-2H3,(H,27,28). The Kier molecular flexibility index (Phi) is 4.89. The van der Waals surface area contributed by atoms with Gasteiger partial charge in [0.25, 0.3) is 5.91 Å². The zero-order valence-corrected chi connectivity index (χ0v) is 16.3. The molecule has 0 radical (unpaired) electrons. The van der Waals surface area contributed by atoms with Crippen molar-refractivity contribution >= 4 is 11.6 Å². The Morgan fingerprint density at radius 3 is 2.38 bits per heavy atom. The molecule has 0 aromatic heterocycles. The van der Waals surface area contributed by atoms with E-state index in [4.69, 9.17) is 4.74 Å². The van der Waals surface area contributed by atoms with Gasteiger partial charge in [0.05, 0.1) is 5.71 Å². The number of fused-ring (bicyclic) bond motifs is 1. The fraction of sp³-hybridized carbons (Fsp3) is 0.167. The molecule has 4 rings (SSSR count). The number of rotatable bonds is 4. The van der Waals surface area contributed by atoms with Gasteiger partial charge in [0.15, 0.2) is 0 Å². The molecule has 0 spiro atoms. The van der Waals surface area contributed by atoms with Crippen molar-refractivity contribution in [3.63, 3.8) is 0 Å². The Labute approximate surface area is 169 Å². The fourth-order valence-corrected chi connectivity index (χ4v) is 3.42. The van der Waals surface area contributed by atoms with Gasteiger partial charge < -0.3 is 4.74 Å². The number of halogens is 1. The summed E-state index contributed by atoms with van der Waals surface area (Å²) in [4.78, 5) is 12.4. The molecule has 5 heteroatoms. The zero-order valence-electron chi connectivity index (χ0n) is 16.3. The number of hydrazone groups is 1. The molecular weight excluding hydrogens is 367 g/mol. The van der Waals surface area contributed by atoms with E-state index in [1.54, 1.807) is 36.4 Å². The lowest BCUT2D eigenvalue weighted by Crippen LogP contribution is -2.24. The van der Waals surface area contributed by atoms with Crippen LogP contribution in [0.1, 0.15) is 40.9 Å². The second-order valence-corrected chi connectivity index (χ2v) is 7.64. The van der Waals surface area contributed by atoms with Gasteiger partial charge in [-0.3, -0.25) is 4.79 Å². The van der Waals surface area contributed by atoms with Crippen LogP contribution in [0.2, 0.25) is 0 Å². The van der Waals surface area contributed by atoms with Gasteiger partial charge in [0.2, 0.25) is 0 Å². The van der Waals surface area contributed by atoms with Gasteiger partial charge in [-0.2, -0.15) is 5.10 Å². The van der Waals surface area contributed by atoms with E-state index >= 15 is 0 Å². The summed E-state index contributed by atoms with van der Waals surface area (Å²) in [5.41, 5.74) is 6.05. The van der Waals surface area contributed by atoms with Crippen LogP contribution < -0.4 is 10.2 Å². The predicted molar refractivity (Wildman–Crippen MR) is 111 cm³/mol. The quantitative estimate of drug-likeness (QED) is 0.519. The van der Waals surface area contributed by atoms with Gasteiger partial charge in [0.1, 0.15) is 17.2 Å². The molecule has 3 aromatic carbocycles. The molecule has 0 saturated carbocycles. The Morgan fingerprint density at radius 1 is 0.966 bits per heavy atom. The molecule has 1 N–H and O–H groups in total. The van der Waals surface area contributed by atoms with Crippen LogP contribution in [0.5, 0.6) is 5.75 Å². The lowest BCUT2D eigenvalue weighted by molar-refractivity contribution is 0.0955. The maximum Gasteiger partial charge on any atom is 0.271 e. The number of hydrogen-bond acceptors (Lipinski definition) is 3. The first kappa shape index (κ1) is 18.9. The first-order valence-electron chi connectivity index (χ1n) is 9.43. The first-order valence-corrected chi connectivity index (χ1v) is 9.43. The number of hydrogen-bond donors (Lipinski definition) is 1. The minimum atomic E-state index is -0.328. The second-order valence-electron chi connectivity index (χ2n) is 7.64. The van der Waals surface area contributed by atoms with E-state index in [9.17, 15) is 9.18 Å². The van der Waals surface area contributed by atoms with Crippen molar-refractivity contribution in [1.82, 2.24) is 5.43 Å². The minimum Gasteiger partial charge on any atom is -0.487 e. The summed E-state index contributed by atoms with van der Waals surface area (Å²) in [6.07, 6.45) is 0.781. The third-order valence-corrected chi connectivity index (χ3v) is 4.76. The predicted octanol–water partition coefficient (Wildman–Crippen LogP) is 4.72. The Hall–Kier alpha value is -3.47. The van der Waals surface area contributed by atoms with Gasteiger partial charge in [-0.15, -0.1) is 0 Å². The molecule has 4 nitrogen and oxygen atoms in total. The molecule has 0 bridgehead atoms. The third kappa shape index (κ3) is 4.19. The highest BCUT2D eigenvalue weighted by Gasteiger charge is 2.30. The molecular formula is C24H21FN2O2. The molecule has 0 fully saturated rings. The Bertz CT molecular complexity index is 1070. The topological polar surface area (TPSA) is 50.7 Å². The van der Waals surface area contributed by atoms with Crippen LogP contribution in [0.3, 0.4) is 0 Å². The van der Waals surface area contributed by atoms with E-state index in [2.05, 4.69) is 10.5 Å². The zero-order chi connectivity index (χ0) is 20.4. The Morgan fingerprint density at radius 2 is 1.66 bits per heavy atom. The summed E-state index contributed by atoms with van der Waals surface area (Å²) < 4.78 is 19.4. The number of nitrogens with zero attached hydrogens (tertiary/aromatic N) is 1. The number of ether oxygens (including phenoxy) is 1. The molecule has 1 heterocycles. The van der Waals surface area contributed by atoms with Crippen LogP contribution >= 0.6 is 0 Å². The van der Waals surface area contributed by atoms with Crippen molar-refractivity contribution in [3.05, 3.63) is 101 Å². The van der Waals surface area contributed by atoms with Gasteiger partial charge in [-0.05, 0) is 74.0 Å². The molecule has 1 aliphatic rings. The van der Waals surface area contributed by atoms with Crippen LogP contribution in [0.4, 0.5) is 4.39 Å². The monoisotopic (exact) mass is 388 g/mol. The minimum absolute atomic E-state index is 0.254. The third-order valence-electron chi connectivity index (χ3n) is 4.76. The van der Waals surface area contributed by atoms with E-state index in [1.165, 1.54) is 12.1 Å². The van der Waals surface area contributed by atoms with Crippen molar-refractivity contribution in [2.45, 2.75) is 25.9 Å². The van der Waals surface area contributed by atoms with E-state index in [-0.39, 0.29) is 17.3 Å². The van der Waals surface area contributed by atoms with Gasteiger partial charge in [-0.1, -0.05) is 18.2 Å². The lowest BCUT2D eigenvalue weighted by Gasteiger charge is -2.16. The van der Waals surface area contributed by atoms with Crippen LogP contribution in [-0.2, 0) is 6.42 Å². The molecule has 146 valence electrons. The van der Waals surface area contributed by atoms with Gasteiger partial charge >= 0.3 is 0 Å². The van der Waals surface area contributed by atoms with Crippen LogP contribution in [-0.4, -0.2) is 17.2 Å². The smallest absolute Gasteiger partial charge is 0.271 e. The summed E-state index contributed by atoms with van der Waals surface area (Å²) in [6, 6.07) is 20.8. The lowest BCUT2D eigenvalue weighted by atomic mass is 9.96. The van der Waals surface area contributed by atoms with Crippen molar-refractivity contribution in [3.8, 4) is 5.75 Å². The normalized spacial score (nSPS) is 14.8. The number of carbonyl (C=O) groups is 1. The summed E-state index contributed by atoms with van der Waals surface area (Å²) >= 11 is 0. The van der Waals surface area contributed by atoms with Crippen molar-refractivity contribution in [2.75, 3.05) is 0 Å². The van der Waals surface area contributed by atoms with Crippen LogP contribution in [0, 0.1) is 5.82 Å². The molecule has 1 amide bonds. The Balaban J connectivity index is 1.70. The molecule has 1 aliphatic heterocycles. The highest BCUT2D eigenvalue weighted by atomic mass is 19.1. The fourth-order valence-electron chi connectivity index (χ4n) is 3.42. The SMILES string of the molecule is CC1(C)Cc2cc(C(=NNC(=O)c3ccccc3)c3ccc(F)cc3)ccc2O1. The number of carbonyl (C=O) groups excluding carboxylic acids is 1. The van der Waals surface area contributed by atoms with E-state index in [0.29, 0.717) is 16.8 Å². The average molecular weight is 388 g/mol. The van der Waals surface area contributed by atoms with Crippen LogP contribution in [0.15, 0.2) is 77.9 Å². The summed E-state index contributed by atoms with van der Waals surface area (Å²) in [6.45, 7) is 4.09. The van der Waals surface area contributed by atoms with Crippen molar-refractivity contribution < 1.29 is 13.9 Å². The maximum absolute atomic E-state index is 13.4. The molecule has 0 saturated heterocycles. The van der Waals surface area contributed by atoms with Crippen molar-refractivity contribution in [1.29, 1.82) is 0 Å². The van der Waals surface area contributed by atoms with Gasteiger partial charge in [-0.25, -0.2) is 9.82 Å². The number of benzene rings is 3. The summed E-state index contributed by atoms with van der Waals surface area (Å²) in [5.74, 6) is 0.215. The van der Waals surface area contributed by atoms with Gasteiger partial charge in [0, 0.05) is 23.1 Å². The maximum atomic E-state index is 13.4. The second kappa shape index (κ2) is 7.51. The van der Waals surface area contributed by atoms with E-state index < -0.39 is 0 Å². The summed E-state index contributed by atoms with van der Waals surface area (Å²) in [7, 11) is 0. The number of nitrogens with one attached hydrogen (secondary N) is 1. The molecule has 3 aromatic rings. The average Bonchev–Trinajstić information content (AvgIpc) is 3.03. The first-order chi connectivity index (χ1) is 13.9. The number of amides is 1. The largest absolute Gasteiger partial charge is 0.487 e.